The van der Waals surface area contributed by atoms with Crippen LogP contribution in [0.1, 0.15) is 11.1 Å². The SMILES string of the molecule is Cc1c(CN2CCNCC2)ccc(-c2ccccc2)c1-c1ccccc1. The summed E-state index contributed by atoms with van der Waals surface area (Å²) in [6, 6.07) is 26.2. The van der Waals surface area contributed by atoms with Crippen molar-refractivity contribution >= 4 is 0 Å². The molecule has 0 saturated carbocycles. The Balaban J connectivity index is 1.79. The Hall–Kier alpha value is -2.42. The van der Waals surface area contributed by atoms with Gasteiger partial charge in [-0.15, -0.1) is 0 Å². The van der Waals surface area contributed by atoms with E-state index in [1.54, 1.807) is 0 Å². The lowest BCUT2D eigenvalue weighted by Gasteiger charge is -2.28. The second-order valence-corrected chi connectivity index (χ2v) is 7.03. The van der Waals surface area contributed by atoms with Crippen LogP contribution in [0.3, 0.4) is 0 Å². The molecule has 0 atom stereocenters. The highest BCUT2D eigenvalue weighted by Gasteiger charge is 2.16. The number of hydrogen-bond acceptors (Lipinski definition) is 2. The van der Waals surface area contributed by atoms with Gasteiger partial charge in [-0.1, -0.05) is 72.8 Å². The summed E-state index contributed by atoms with van der Waals surface area (Å²) in [6.45, 7) is 7.75. The van der Waals surface area contributed by atoms with Crippen LogP contribution < -0.4 is 5.32 Å². The van der Waals surface area contributed by atoms with Crippen molar-refractivity contribution in [2.24, 2.45) is 0 Å². The summed E-state index contributed by atoms with van der Waals surface area (Å²) in [6.07, 6.45) is 0. The molecule has 0 aromatic heterocycles. The summed E-state index contributed by atoms with van der Waals surface area (Å²) in [5.41, 5.74) is 8.10. The molecule has 1 aliphatic rings. The average molecular weight is 342 g/mol. The van der Waals surface area contributed by atoms with Gasteiger partial charge in [-0.3, -0.25) is 4.90 Å². The first-order valence-electron chi connectivity index (χ1n) is 9.49. The second kappa shape index (κ2) is 7.86. The van der Waals surface area contributed by atoms with Gasteiger partial charge < -0.3 is 5.32 Å². The summed E-state index contributed by atoms with van der Waals surface area (Å²) in [7, 11) is 0. The topological polar surface area (TPSA) is 15.3 Å². The van der Waals surface area contributed by atoms with Crippen molar-refractivity contribution in [2.45, 2.75) is 13.5 Å². The van der Waals surface area contributed by atoms with E-state index >= 15 is 0 Å². The number of nitrogens with zero attached hydrogens (tertiary/aromatic N) is 1. The van der Waals surface area contributed by atoms with E-state index in [2.05, 4.69) is 89.9 Å². The number of hydrogen-bond donors (Lipinski definition) is 1. The molecule has 1 N–H and O–H groups in total. The average Bonchev–Trinajstić information content (AvgIpc) is 2.71. The largest absolute Gasteiger partial charge is 0.314 e. The van der Waals surface area contributed by atoms with Crippen LogP contribution in [-0.2, 0) is 6.54 Å². The van der Waals surface area contributed by atoms with E-state index in [0.717, 1.165) is 32.7 Å². The zero-order valence-electron chi connectivity index (χ0n) is 15.4. The molecule has 0 aliphatic carbocycles. The molecule has 3 aromatic carbocycles. The Morgan fingerprint density at radius 3 is 2.04 bits per heavy atom. The highest BCUT2D eigenvalue weighted by molar-refractivity contribution is 5.86. The molecule has 1 aliphatic heterocycles. The lowest BCUT2D eigenvalue weighted by molar-refractivity contribution is 0.233. The van der Waals surface area contributed by atoms with Crippen LogP contribution in [-0.4, -0.2) is 31.1 Å². The molecule has 0 spiro atoms. The highest BCUT2D eigenvalue weighted by atomic mass is 15.2. The van der Waals surface area contributed by atoms with Gasteiger partial charge in [0.2, 0.25) is 0 Å². The predicted octanol–water partition coefficient (Wildman–Crippen LogP) is 4.73. The van der Waals surface area contributed by atoms with Gasteiger partial charge >= 0.3 is 0 Å². The van der Waals surface area contributed by atoms with Crippen molar-refractivity contribution in [1.82, 2.24) is 10.2 Å². The smallest absolute Gasteiger partial charge is 0.0237 e. The Morgan fingerprint density at radius 2 is 1.38 bits per heavy atom. The van der Waals surface area contributed by atoms with Crippen LogP contribution in [0.25, 0.3) is 22.3 Å². The van der Waals surface area contributed by atoms with Crippen LogP contribution in [0.4, 0.5) is 0 Å². The number of piperazine rings is 1. The number of nitrogens with one attached hydrogen (secondary N) is 1. The molecule has 132 valence electrons. The van der Waals surface area contributed by atoms with Gasteiger partial charge in [0.15, 0.2) is 0 Å². The monoisotopic (exact) mass is 342 g/mol. The van der Waals surface area contributed by atoms with Crippen LogP contribution in [0, 0.1) is 6.92 Å². The maximum Gasteiger partial charge on any atom is 0.0237 e. The highest BCUT2D eigenvalue weighted by Crippen LogP contribution is 2.36. The third-order valence-corrected chi connectivity index (χ3v) is 5.33. The molecular formula is C24H26N2. The molecule has 0 radical (unpaired) electrons. The summed E-state index contributed by atoms with van der Waals surface area (Å²) in [5, 5.41) is 3.44. The van der Waals surface area contributed by atoms with E-state index in [4.69, 9.17) is 0 Å². The van der Waals surface area contributed by atoms with Crippen molar-refractivity contribution in [2.75, 3.05) is 26.2 Å². The maximum absolute atomic E-state index is 3.44. The zero-order valence-corrected chi connectivity index (χ0v) is 15.4. The van der Waals surface area contributed by atoms with Crippen molar-refractivity contribution < 1.29 is 0 Å². The predicted molar refractivity (Wildman–Crippen MR) is 110 cm³/mol. The lowest BCUT2D eigenvalue weighted by atomic mass is 9.88. The first-order chi connectivity index (χ1) is 12.8. The Labute approximate surface area is 156 Å². The van der Waals surface area contributed by atoms with Gasteiger partial charge in [0.25, 0.3) is 0 Å². The van der Waals surface area contributed by atoms with Crippen molar-refractivity contribution in [3.8, 4) is 22.3 Å². The fourth-order valence-corrected chi connectivity index (χ4v) is 3.87. The summed E-state index contributed by atoms with van der Waals surface area (Å²) < 4.78 is 0. The maximum atomic E-state index is 3.44. The van der Waals surface area contributed by atoms with Crippen LogP contribution >= 0.6 is 0 Å². The molecule has 26 heavy (non-hydrogen) atoms. The van der Waals surface area contributed by atoms with E-state index in [1.165, 1.54) is 33.4 Å². The minimum absolute atomic E-state index is 1.03. The number of rotatable bonds is 4. The van der Waals surface area contributed by atoms with E-state index < -0.39 is 0 Å². The van der Waals surface area contributed by atoms with Crippen molar-refractivity contribution in [3.05, 3.63) is 83.9 Å². The first kappa shape index (κ1) is 17.0. The first-order valence-corrected chi connectivity index (χ1v) is 9.49. The molecule has 0 bridgehead atoms. The quantitative estimate of drug-likeness (QED) is 0.737. The molecule has 2 heteroatoms. The van der Waals surface area contributed by atoms with Gasteiger partial charge in [-0.2, -0.15) is 0 Å². The molecule has 0 amide bonds. The normalized spacial score (nSPS) is 15.1. The fourth-order valence-electron chi connectivity index (χ4n) is 3.87. The fraction of sp³-hybridized carbons (Fsp3) is 0.250. The summed E-state index contributed by atoms with van der Waals surface area (Å²) in [4.78, 5) is 2.55. The third-order valence-electron chi connectivity index (χ3n) is 5.33. The third kappa shape index (κ3) is 3.57. The van der Waals surface area contributed by atoms with E-state index in [-0.39, 0.29) is 0 Å². The van der Waals surface area contributed by atoms with Gasteiger partial charge in [-0.25, -0.2) is 0 Å². The minimum atomic E-state index is 1.03. The number of benzene rings is 3. The van der Waals surface area contributed by atoms with E-state index in [1.807, 2.05) is 0 Å². The molecule has 3 aromatic rings. The molecule has 1 fully saturated rings. The summed E-state index contributed by atoms with van der Waals surface area (Å²) >= 11 is 0. The zero-order chi connectivity index (χ0) is 17.8. The molecular weight excluding hydrogens is 316 g/mol. The van der Waals surface area contributed by atoms with E-state index in [9.17, 15) is 0 Å². The van der Waals surface area contributed by atoms with Gasteiger partial charge in [-0.05, 0) is 40.3 Å². The van der Waals surface area contributed by atoms with Gasteiger partial charge in [0.05, 0.1) is 0 Å². The summed E-state index contributed by atoms with van der Waals surface area (Å²) in [5.74, 6) is 0. The Kier molecular flexibility index (Phi) is 5.14. The van der Waals surface area contributed by atoms with Crippen molar-refractivity contribution in [3.63, 3.8) is 0 Å². The standard InChI is InChI=1S/C24H26N2/c1-19-22(18-26-16-14-25-15-17-26)12-13-23(20-8-4-2-5-9-20)24(19)21-10-6-3-7-11-21/h2-13,25H,14-18H2,1H3. The lowest BCUT2D eigenvalue weighted by Crippen LogP contribution is -2.43. The van der Waals surface area contributed by atoms with Crippen LogP contribution in [0.5, 0.6) is 0 Å². The Bertz CT molecular complexity index is 850. The van der Waals surface area contributed by atoms with Crippen LogP contribution in [0.2, 0.25) is 0 Å². The molecule has 2 nitrogen and oxygen atoms in total. The van der Waals surface area contributed by atoms with E-state index in [0.29, 0.717) is 0 Å². The molecule has 1 heterocycles. The van der Waals surface area contributed by atoms with Crippen LogP contribution in [0.15, 0.2) is 72.8 Å². The molecule has 0 unspecified atom stereocenters. The van der Waals surface area contributed by atoms with Gasteiger partial charge in [0.1, 0.15) is 0 Å². The Morgan fingerprint density at radius 1 is 0.769 bits per heavy atom. The second-order valence-electron chi connectivity index (χ2n) is 7.03. The molecule has 4 rings (SSSR count). The minimum Gasteiger partial charge on any atom is -0.314 e. The molecule has 1 saturated heterocycles. The van der Waals surface area contributed by atoms with Gasteiger partial charge in [0, 0.05) is 32.7 Å². The van der Waals surface area contributed by atoms with Crippen molar-refractivity contribution in [1.29, 1.82) is 0 Å².